The van der Waals surface area contributed by atoms with Crippen LogP contribution in [0.15, 0.2) is 11.6 Å². The number of aliphatic hydroxyl groups excluding tert-OH is 1. The molecular formula is C11H20N2OS. The van der Waals surface area contributed by atoms with Crippen LogP contribution in [0.3, 0.4) is 0 Å². The van der Waals surface area contributed by atoms with Gasteiger partial charge in [0.25, 0.3) is 0 Å². The standard InChI is InChI=1S/C11H20N2OS/c1-9-4-2-3-5-10(9)8-13-11(15)12-6-7-14/h4,10,14H,2-3,5-8H2,1H3,(H2,12,13,15). The molecule has 1 aliphatic rings. The molecule has 3 nitrogen and oxygen atoms in total. The third-order valence-electron chi connectivity index (χ3n) is 2.77. The second-order valence-corrected chi connectivity index (χ2v) is 4.34. The number of hydrogen-bond acceptors (Lipinski definition) is 2. The molecule has 3 N–H and O–H groups in total. The minimum atomic E-state index is 0.115. The molecule has 0 aromatic rings. The predicted octanol–water partition coefficient (Wildman–Crippen LogP) is 1.19. The van der Waals surface area contributed by atoms with Crippen LogP contribution in [0.2, 0.25) is 0 Å². The first-order valence-electron chi connectivity index (χ1n) is 5.53. The zero-order valence-corrected chi connectivity index (χ0v) is 10.1. The Balaban J connectivity index is 2.21. The molecule has 1 unspecified atom stereocenters. The van der Waals surface area contributed by atoms with Gasteiger partial charge in [-0.1, -0.05) is 11.6 Å². The summed E-state index contributed by atoms with van der Waals surface area (Å²) < 4.78 is 0. The topological polar surface area (TPSA) is 44.3 Å². The lowest BCUT2D eigenvalue weighted by Gasteiger charge is -2.22. The lowest BCUT2D eigenvalue weighted by Crippen LogP contribution is -2.39. The Morgan fingerprint density at radius 1 is 1.60 bits per heavy atom. The molecule has 0 fully saturated rings. The first kappa shape index (κ1) is 12.5. The minimum Gasteiger partial charge on any atom is -0.395 e. The number of aliphatic hydroxyl groups is 1. The highest BCUT2D eigenvalue weighted by Gasteiger charge is 2.13. The normalized spacial score (nSPS) is 20.7. The second kappa shape index (κ2) is 6.80. The molecule has 1 rings (SSSR count). The summed E-state index contributed by atoms with van der Waals surface area (Å²) in [5.41, 5.74) is 1.47. The van der Waals surface area contributed by atoms with Crippen molar-refractivity contribution >= 4 is 17.3 Å². The largest absolute Gasteiger partial charge is 0.395 e. The van der Waals surface area contributed by atoms with E-state index in [0.29, 0.717) is 17.6 Å². The van der Waals surface area contributed by atoms with Gasteiger partial charge >= 0.3 is 0 Å². The van der Waals surface area contributed by atoms with Crippen molar-refractivity contribution in [1.82, 2.24) is 10.6 Å². The third-order valence-corrected chi connectivity index (χ3v) is 3.06. The van der Waals surface area contributed by atoms with E-state index in [2.05, 4.69) is 23.6 Å². The molecule has 0 aromatic heterocycles. The Morgan fingerprint density at radius 2 is 2.40 bits per heavy atom. The van der Waals surface area contributed by atoms with Gasteiger partial charge in [-0.25, -0.2) is 0 Å². The molecule has 15 heavy (non-hydrogen) atoms. The smallest absolute Gasteiger partial charge is 0.166 e. The van der Waals surface area contributed by atoms with Gasteiger partial charge in [0.2, 0.25) is 0 Å². The maximum Gasteiger partial charge on any atom is 0.166 e. The van der Waals surface area contributed by atoms with Crippen molar-refractivity contribution in [1.29, 1.82) is 0 Å². The second-order valence-electron chi connectivity index (χ2n) is 3.94. The average molecular weight is 228 g/mol. The van der Waals surface area contributed by atoms with Crippen LogP contribution in [0.5, 0.6) is 0 Å². The van der Waals surface area contributed by atoms with E-state index in [-0.39, 0.29) is 6.61 Å². The summed E-state index contributed by atoms with van der Waals surface area (Å²) in [5, 5.41) is 15.4. The van der Waals surface area contributed by atoms with Crippen molar-refractivity contribution in [2.75, 3.05) is 19.7 Å². The molecule has 1 atom stereocenters. The number of allylic oxidation sites excluding steroid dienone is 1. The van der Waals surface area contributed by atoms with Crippen molar-refractivity contribution in [3.63, 3.8) is 0 Å². The number of thiocarbonyl (C=S) groups is 1. The lowest BCUT2D eigenvalue weighted by molar-refractivity contribution is 0.300. The molecule has 1 aliphatic carbocycles. The molecule has 4 heteroatoms. The van der Waals surface area contributed by atoms with Gasteiger partial charge < -0.3 is 15.7 Å². The van der Waals surface area contributed by atoms with Crippen LogP contribution in [0.4, 0.5) is 0 Å². The SMILES string of the molecule is CC1=CCCCC1CNC(=S)NCCO. The van der Waals surface area contributed by atoms with Crippen LogP contribution in [0.1, 0.15) is 26.2 Å². The summed E-state index contributed by atoms with van der Waals surface area (Å²) >= 11 is 5.07. The van der Waals surface area contributed by atoms with E-state index in [9.17, 15) is 0 Å². The highest BCUT2D eigenvalue weighted by Crippen LogP contribution is 2.23. The van der Waals surface area contributed by atoms with E-state index in [0.717, 1.165) is 6.54 Å². The minimum absolute atomic E-state index is 0.115. The van der Waals surface area contributed by atoms with E-state index in [1.165, 1.54) is 24.8 Å². The highest BCUT2D eigenvalue weighted by molar-refractivity contribution is 7.80. The molecule has 0 heterocycles. The zero-order chi connectivity index (χ0) is 11.1. The van der Waals surface area contributed by atoms with Crippen molar-refractivity contribution in [3.05, 3.63) is 11.6 Å². The summed E-state index contributed by atoms with van der Waals surface area (Å²) in [4.78, 5) is 0. The number of hydrogen-bond donors (Lipinski definition) is 3. The Bertz CT molecular complexity index is 241. The van der Waals surface area contributed by atoms with Crippen LogP contribution in [0.25, 0.3) is 0 Å². The summed E-state index contributed by atoms with van der Waals surface area (Å²) in [5.74, 6) is 0.618. The van der Waals surface area contributed by atoms with Crippen LogP contribution < -0.4 is 10.6 Å². The van der Waals surface area contributed by atoms with Gasteiger partial charge in [-0.05, 0) is 44.3 Å². The van der Waals surface area contributed by atoms with Crippen molar-refractivity contribution in [2.45, 2.75) is 26.2 Å². The Labute approximate surface area is 96.9 Å². The van der Waals surface area contributed by atoms with Gasteiger partial charge in [-0.2, -0.15) is 0 Å². The van der Waals surface area contributed by atoms with E-state index in [4.69, 9.17) is 17.3 Å². The molecular weight excluding hydrogens is 208 g/mol. The molecule has 0 amide bonds. The van der Waals surface area contributed by atoms with E-state index in [1.54, 1.807) is 0 Å². The fourth-order valence-electron chi connectivity index (χ4n) is 1.80. The van der Waals surface area contributed by atoms with Gasteiger partial charge in [0.05, 0.1) is 6.61 Å². The molecule has 86 valence electrons. The molecule has 0 radical (unpaired) electrons. The van der Waals surface area contributed by atoms with Gasteiger partial charge in [-0.3, -0.25) is 0 Å². The van der Waals surface area contributed by atoms with Crippen molar-refractivity contribution in [3.8, 4) is 0 Å². The number of nitrogens with one attached hydrogen (secondary N) is 2. The van der Waals surface area contributed by atoms with Gasteiger partial charge in [0, 0.05) is 13.1 Å². The Kier molecular flexibility index (Phi) is 5.65. The summed E-state index contributed by atoms with van der Waals surface area (Å²) in [6.07, 6.45) is 6.06. The molecule has 0 aliphatic heterocycles. The third kappa shape index (κ3) is 4.62. The molecule has 0 aromatic carbocycles. The summed E-state index contributed by atoms with van der Waals surface area (Å²) in [6, 6.07) is 0. The van der Waals surface area contributed by atoms with Crippen LogP contribution >= 0.6 is 12.2 Å². The Morgan fingerprint density at radius 3 is 3.07 bits per heavy atom. The maximum absolute atomic E-state index is 8.62. The summed E-state index contributed by atoms with van der Waals surface area (Å²) in [6.45, 7) is 3.73. The molecule has 0 spiro atoms. The fourth-order valence-corrected chi connectivity index (χ4v) is 1.98. The first-order chi connectivity index (χ1) is 7.24. The monoisotopic (exact) mass is 228 g/mol. The zero-order valence-electron chi connectivity index (χ0n) is 9.25. The van der Waals surface area contributed by atoms with Crippen molar-refractivity contribution in [2.24, 2.45) is 5.92 Å². The van der Waals surface area contributed by atoms with Crippen LogP contribution in [-0.4, -0.2) is 29.9 Å². The summed E-state index contributed by atoms with van der Waals surface area (Å²) in [7, 11) is 0. The first-order valence-corrected chi connectivity index (χ1v) is 5.94. The van der Waals surface area contributed by atoms with Gasteiger partial charge in [0.15, 0.2) is 5.11 Å². The molecule has 0 saturated heterocycles. The maximum atomic E-state index is 8.62. The number of rotatable bonds is 4. The quantitative estimate of drug-likeness (QED) is 0.499. The van der Waals surface area contributed by atoms with Gasteiger partial charge in [0.1, 0.15) is 0 Å². The fraction of sp³-hybridized carbons (Fsp3) is 0.727. The molecule has 0 saturated carbocycles. The van der Waals surface area contributed by atoms with E-state index < -0.39 is 0 Å². The van der Waals surface area contributed by atoms with E-state index >= 15 is 0 Å². The Hall–Kier alpha value is -0.610. The van der Waals surface area contributed by atoms with Crippen LogP contribution in [-0.2, 0) is 0 Å². The van der Waals surface area contributed by atoms with Gasteiger partial charge in [-0.15, -0.1) is 0 Å². The van der Waals surface area contributed by atoms with Crippen molar-refractivity contribution < 1.29 is 5.11 Å². The average Bonchev–Trinajstić information content (AvgIpc) is 2.25. The van der Waals surface area contributed by atoms with Crippen LogP contribution in [0, 0.1) is 5.92 Å². The molecule has 0 bridgehead atoms. The van der Waals surface area contributed by atoms with E-state index in [1.807, 2.05) is 0 Å². The highest BCUT2D eigenvalue weighted by atomic mass is 32.1. The predicted molar refractivity (Wildman–Crippen MR) is 66.8 cm³/mol. The lowest BCUT2D eigenvalue weighted by atomic mass is 9.89.